The van der Waals surface area contributed by atoms with Gasteiger partial charge in [0.1, 0.15) is 0 Å². The second kappa shape index (κ2) is 6.81. The lowest BCUT2D eigenvalue weighted by Crippen LogP contribution is -2.38. The second-order valence-corrected chi connectivity index (χ2v) is 4.93. The zero-order valence-corrected chi connectivity index (χ0v) is 10.00. The summed E-state index contributed by atoms with van der Waals surface area (Å²) < 4.78 is 0. The molecule has 1 fully saturated rings. The maximum atomic E-state index is 8.58. The predicted octanol–water partition coefficient (Wildman–Crippen LogP) is 1.47. The Morgan fingerprint density at radius 3 is 2.60 bits per heavy atom. The molecule has 86 valence electrons. The molecule has 3 nitrogen and oxygen atoms in total. The van der Waals surface area contributed by atoms with Crippen LogP contribution in [-0.4, -0.2) is 37.6 Å². The van der Waals surface area contributed by atoms with Crippen LogP contribution in [-0.2, 0) is 0 Å². The van der Waals surface area contributed by atoms with E-state index in [1.165, 1.54) is 12.8 Å². The van der Waals surface area contributed by atoms with Gasteiger partial charge in [0.2, 0.25) is 0 Å². The molecule has 0 unspecified atom stereocenters. The number of rotatable bonds is 5. The fourth-order valence-electron chi connectivity index (χ4n) is 2.02. The molecule has 0 aromatic carbocycles. The van der Waals surface area contributed by atoms with Crippen molar-refractivity contribution in [3.05, 3.63) is 0 Å². The van der Waals surface area contributed by atoms with Crippen LogP contribution in [0.2, 0.25) is 0 Å². The lowest BCUT2D eigenvalue weighted by atomic mass is 9.96. The van der Waals surface area contributed by atoms with E-state index < -0.39 is 0 Å². The Morgan fingerprint density at radius 2 is 2.07 bits per heavy atom. The standard InChI is InChI=1S/C12H23N3/c1-11(2)9-14-10-12-3-6-15(7-4-12)8-5-13/h11-12,14H,3-4,6-10H2,1-2H3. The fourth-order valence-corrected chi connectivity index (χ4v) is 2.02. The monoisotopic (exact) mass is 209 g/mol. The predicted molar refractivity (Wildman–Crippen MR) is 62.5 cm³/mol. The third-order valence-corrected chi connectivity index (χ3v) is 2.99. The van der Waals surface area contributed by atoms with E-state index >= 15 is 0 Å². The molecule has 0 aromatic heterocycles. The molecule has 1 aliphatic rings. The normalized spacial score (nSPS) is 19.3. The van der Waals surface area contributed by atoms with Crippen molar-refractivity contribution in [3.63, 3.8) is 0 Å². The van der Waals surface area contributed by atoms with Crippen molar-refractivity contribution in [1.82, 2.24) is 10.2 Å². The van der Waals surface area contributed by atoms with Crippen LogP contribution in [0.3, 0.4) is 0 Å². The van der Waals surface area contributed by atoms with Crippen molar-refractivity contribution in [1.29, 1.82) is 5.26 Å². The van der Waals surface area contributed by atoms with Gasteiger partial charge in [0.15, 0.2) is 0 Å². The first-order valence-corrected chi connectivity index (χ1v) is 6.02. The average molecular weight is 209 g/mol. The van der Waals surface area contributed by atoms with Crippen LogP contribution in [0.15, 0.2) is 0 Å². The average Bonchev–Trinajstić information content (AvgIpc) is 2.20. The molecule has 0 amide bonds. The Morgan fingerprint density at radius 1 is 1.40 bits per heavy atom. The first-order chi connectivity index (χ1) is 7.22. The maximum absolute atomic E-state index is 8.58. The van der Waals surface area contributed by atoms with Gasteiger partial charge in [-0.3, -0.25) is 4.90 Å². The molecule has 0 radical (unpaired) electrons. The molecule has 0 spiro atoms. The third-order valence-electron chi connectivity index (χ3n) is 2.99. The Hall–Kier alpha value is -0.590. The van der Waals surface area contributed by atoms with Gasteiger partial charge in [-0.25, -0.2) is 0 Å². The highest BCUT2D eigenvalue weighted by Crippen LogP contribution is 2.15. The molecule has 0 aliphatic carbocycles. The van der Waals surface area contributed by atoms with Crippen LogP contribution in [0.25, 0.3) is 0 Å². The first-order valence-electron chi connectivity index (χ1n) is 6.02. The number of likely N-dealkylation sites (tertiary alicyclic amines) is 1. The summed E-state index contributed by atoms with van der Waals surface area (Å²) in [5.41, 5.74) is 0. The minimum Gasteiger partial charge on any atom is -0.316 e. The van der Waals surface area contributed by atoms with Crippen molar-refractivity contribution in [2.45, 2.75) is 26.7 Å². The Balaban J connectivity index is 2.07. The highest BCUT2D eigenvalue weighted by atomic mass is 15.1. The molecular formula is C12H23N3. The van der Waals surface area contributed by atoms with E-state index in [9.17, 15) is 0 Å². The van der Waals surface area contributed by atoms with Gasteiger partial charge in [-0.15, -0.1) is 0 Å². The highest BCUT2D eigenvalue weighted by molar-refractivity contribution is 4.81. The number of nitrogens with zero attached hydrogens (tertiary/aromatic N) is 2. The van der Waals surface area contributed by atoms with E-state index in [0.717, 1.165) is 38.0 Å². The zero-order chi connectivity index (χ0) is 11.1. The zero-order valence-electron chi connectivity index (χ0n) is 10.00. The lowest BCUT2D eigenvalue weighted by molar-refractivity contribution is 0.199. The molecule has 1 aliphatic heterocycles. The van der Waals surface area contributed by atoms with Crippen molar-refractivity contribution in [2.75, 3.05) is 32.7 Å². The molecular weight excluding hydrogens is 186 g/mol. The van der Waals surface area contributed by atoms with Crippen molar-refractivity contribution >= 4 is 0 Å². The second-order valence-electron chi connectivity index (χ2n) is 4.93. The molecule has 0 aromatic rings. The summed E-state index contributed by atoms with van der Waals surface area (Å²) in [5.74, 6) is 1.56. The SMILES string of the molecule is CC(C)CNCC1CCN(CC#N)CC1. The van der Waals surface area contributed by atoms with Gasteiger partial charge in [-0.05, 0) is 50.9 Å². The van der Waals surface area contributed by atoms with Gasteiger partial charge in [0, 0.05) is 0 Å². The molecule has 0 bridgehead atoms. The summed E-state index contributed by atoms with van der Waals surface area (Å²) in [6, 6.07) is 2.22. The summed E-state index contributed by atoms with van der Waals surface area (Å²) in [7, 11) is 0. The smallest absolute Gasteiger partial charge is 0.0865 e. The van der Waals surface area contributed by atoms with Crippen molar-refractivity contribution < 1.29 is 0 Å². The minimum atomic E-state index is 0.603. The molecule has 1 heterocycles. The number of nitrogens with one attached hydrogen (secondary N) is 1. The summed E-state index contributed by atoms with van der Waals surface area (Å²) in [6.45, 7) is 9.55. The molecule has 0 atom stereocenters. The number of nitriles is 1. The topological polar surface area (TPSA) is 39.1 Å². The van der Waals surface area contributed by atoms with Crippen LogP contribution >= 0.6 is 0 Å². The Bertz CT molecular complexity index is 199. The van der Waals surface area contributed by atoms with Gasteiger partial charge < -0.3 is 5.32 Å². The fraction of sp³-hybridized carbons (Fsp3) is 0.917. The maximum Gasteiger partial charge on any atom is 0.0865 e. The quantitative estimate of drug-likeness (QED) is 0.697. The lowest BCUT2D eigenvalue weighted by Gasteiger charge is -2.30. The molecule has 1 saturated heterocycles. The van der Waals surface area contributed by atoms with Crippen molar-refractivity contribution in [3.8, 4) is 6.07 Å². The van der Waals surface area contributed by atoms with Crippen LogP contribution in [0.1, 0.15) is 26.7 Å². The number of piperidine rings is 1. The summed E-state index contributed by atoms with van der Waals surface area (Å²) in [5, 5.41) is 12.1. The van der Waals surface area contributed by atoms with E-state index in [4.69, 9.17) is 5.26 Å². The number of hydrogen-bond acceptors (Lipinski definition) is 3. The van der Waals surface area contributed by atoms with E-state index in [1.54, 1.807) is 0 Å². The number of hydrogen-bond donors (Lipinski definition) is 1. The highest BCUT2D eigenvalue weighted by Gasteiger charge is 2.18. The van der Waals surface area contributed by atoms with Crippen molar-refractivity contribution in [2.24, 2.45) is 11.8 Å². The Kier molecular flexibility index (Phi) is 5.67. The summed E-state index contributed by atoms with van der Waals surface area (Å²) in [6.07, 6.45) is 2.49. The Labute approximate surface area is 93.5 Å². The van der Waals surface area contributed by atoms with Gasteiger partial charge in [0.05, 0.1) is 12.6 Å². The van der Waals surface area contributed by atoms with Crippen LogP contribution in [0.5, 0.6) is 0 Å². The van der Waals surface area contributed by atoms with Gasteiger partial charge >= 0.3 is 0 Å². The molecule has 3 heteroatoms. The summed E-state index contributed by atoms with van der Waals surface area (Å²) >= 11 is 0. The molecule has 1 rings (SSSR count). The molecule has 1 N–H and O–H groups in total. The van der Waals surface area contributed by atoms with E-state index in [0.29, 0.717) is 6.54 Å². The van der Waals surface area contributed by atoms with Crippen LogP contribution in [0, 0.1) is 23.2 Å². The van der Waals surface area contributed by atoms with E-state index in [-0.39, 0.29) is 0 Å². The molecule has 15 heavy (non-hydrogen) atoms. The third kappa shape index (κ3) is 5.15. The minimum absolute atomic E-state index is 0.603. The van der Waals surface area contributed by atoms with Gasteiger partial charge in [0.25, 0.3) is 0 Å². The van der Waals surface area contributed by atoms with Gasteiger partial charge in [-0.2, -0.15) is 5.26 Å². The largest absolute Gasteiger partial charge is 0.316 e. The van der Waals surface area contributed by atoms with Crippen LogP contribution in [0.4, 0.5) is 0 Å². The van der Waals surface area contributed by atoms with Crippen LogP contribution < -0.4 is 5.32 Å². The van der Waals surface area contributed by atoms with E-state index in [1.807, 2.05) is 0 Å². The van der Waals surface area contributed by atoms with E-state index in [2.05, 4.69) is 30.1 Å². The summed E-state index contributed by atoms with van der Waals surface area (Å²) in [4.78, 5) is 2.25. The first kappa shape index (κ1) is 12.5. The molecule has 0 saturated carbocycles. The van der Waals surface area contributed by atoms with Gasteiger partial charge in [-0.1, -0.05) is 13.8 Å².